The first-order chi connectivity index (χ1) is 21.5. The number of anilines is 1. The Labute approximate surface area is 278 Å². The van der Waals surface area contributed by atoms with Gasteiger partial charge in [0.1, 0.15) is 5.75 Å². The van der Waals surface area contributed by atoms with Crippen LogP contribution in [0.4, 0.5) is 11.4 Å². The Hall–Kier alpha value is -4.85. The molecule has 2 N–H and O–H groups in total. The Bertz CT molecular complexity index is 1860. The SMILES string of the molecule is COc1ccc(Cl)cc1C(=O)Nc1cccc(C(=O)NN=Cc2cc(Br)cc(Br)c2OC(=O)/C=C/c2cccc([N+](=O)[O-])c2)c1. The summed E-state index contributed by atoms with van der Waals surface area (Å²) in [5.74, 6) is -1.35. The first-order valence-corrected chi connectivity index (χ1v) is 14.7. The summed E-state index contributed by atoms with van der Waals surface area (Å²) in [6, 6.07) is 19.9. The van der Waals surface area contributed by atoms with E-state index in [1.807, 2.05) is 0 Å². The van der Waals surface area contributed by atoms with Crippen molar-refractivity contribution < 1.29 is 28.8 Å². The Morgan fingerprint density at radius 3 is 2.51 bits per heavy atom. The number of nitrogens with one attached hydrogen (secondary N) is 2. The van der Waals surface area contributed by atoms with Crippen LogP contribution in [0, 0.1) is 10.1 Å². The molecule has 228 valence electrons. The smallest absolute Gasteiger partial charge is 0.336 e. The summed E-state index contributed by atoms with van der Waals surface area (Å²) < 4.78 is 11.8. The minimum absolute atomic E-state index is 0.114. The van der Waals surface area contributed by atoms with E-state index >= 15 is 0 Å². The lowest BCUT2D eigenvalue weighted by atomic mass is 10.1. The summed E-state index contributed by atoms with van der Waals surface area (Å²) in [6.45, 7) is 0. The summed E-state index contributed by atoms with van der Waals surface area (Å²) in [6.07, 6.45) is 3.81. The zero-order valence-corrected chi connectivity index (χ0v) is 27.1. The van der Waals surface area contributed by atoms with Gasteiger partial charge in [0.2, 0.25) is 0 Å². The minimum Gasteiger partial charge on any atom is -0.496 e. The number of non-ortho nitro benzene ring substituents is 1. The van der Waals surface area contributed by atoms with Crippen molar-refractivity contribution in [3.05, 3.63) is 131 Å². The highest BCUT2D eigenvalue weighted by atomic mass is 79.9. The van der Waals surface area contributed by atoms with Gasteiger partial charge in [0.25, 0.3) is 17.5 Å². The highest BCUT2D eigenvalue weighted by Crippen LogP contribution is 2.32. The predicted octanol–water partition coefficient (Wildman–Crippen LogP) is 7.42. The van der Waals surface area contributed by atoms with Gasteiger partial charge in [0, 0.05) is 44.5 Å². The number of methoxy groups -OCH3 is 1. The van der Waals surface area contributed by atoms with Crippen molar-refractivity contribution in [3.63, 3.8) is 0 Å². The third-order valence-corrected chi connectivity index (χ3v) is 7.17. The van der Waals surface area contributed by atoms with Gasteiger partial charge >= 0.3 is 5.97 Å². The second kappa shape index (κ2) is 15.2. The average molecular weight is 757 g/mol. The highest BCUT2D eigenvalue weighted by molar-refractivity contribution is 9.11. The number of rotatable bonds is 10. The molecule has 2 amide bonds. The zero-order valence-electron chi connectivity index (χ0n) is 23.1. The summed E-state index contributed by atoms with van der Waals surface area (Å²) in [4.78, 5) is 48.7. The van der Waals surface area contributed by atoms with Gasteiger partial charge in [0.05, 0.1) is 28.3 Å². The molecule has 0 aliphatic heterocycles. The molecule has 0 saturated carbocycles. The normalized spacial score (nSPS) is 10.9. The molecule has 4 aromatic rings. The number of esters is 1. The predicted molar refractivity (Wildman–Crippen MR) is 177 cm³/mol. The summed E-state index contributed by atoms with van der Waals surface area (Å²) in [7, 11) is 1.44. The lowest BCUT2D eigenvalue weighted by Gasteiger charge is -2.11. The first-order valence-electron chi connectivity index (χ1n) is 12.8. The Kier molecular flexibility index (Phi) is 11.2. The lowest BCUT2D eigenvalue weighted by molar-refractivity contribution is -0.384. The molecule has 11 nitrogen and oxygen atoms in total. The topological polar surface area (TPSA) is 149 Å². The van der Waals surface area contributed by atoms with E-state index in [0.29, 0.717) is 36.5 Å². The largest absolute Gasteiger partial charge is 0.496 e. The van der Waals surface area contributed by atoms with Crippen molar-refractivity contribution >= 4 is 84.9 Å². The van der Waals surface area contributed by atoms with E-state index in [2.05, 4.69) is 47.7 Å². The number of nitro benzene ring substituents is 1. The molecule has 0 atom stereocenters. The molecular formula is C31H21Br2ClN4O7. The highest BCUT2D eigenvalue weighted by Gasteiger charge is 2.15. The van der Waals surface area contributed by atoms with Gasteiger partial charge in [-0.25, -0.2) is 10.2 Å². The van der Waals surface area contributed by atoms with Crippen LogP contribution in [0.15, 0.2) is 99.0 Å². The first kappa shape index (κ1) is 33.1. The van der Waals surface area contributed by atoms with Gasteiger partial charge in [-0.1, -0.05) is 45.7 Å². The second-order valence-corrected chi connectivity index (χ2v) is 11.2. The monoisotopic (exact) mass is 754 g/mol. The van der Waals surface area contributed by atoms with Crippen LogP contribution in [0.3, 0.4) is 0 Å². The van der Waals surface area contributed by atoms with Crippen molar-refractivity contribution in [3.8, 4) is 11.5 Å². The number of carbonyl (C=O) groups is 3. The third-order valence-electron chi connectivity index (χ3n) is 5.89. The Balaban J connectivity index is 1.45. The number of benzene rings is 4. The van der Waals surface area contributed by atoms with E-state index in [9.17, 15) is 24.5 Å². The van der Waals surface area contributed by atoms with Gasteiger partial charge in [-0.3, -0.25) is 19.7 Å². The summed E-state index contributed by atoms with van der Waals surface area (Å²) >= 11 is 12.8. The van der Waals surface area contributed by atoms with Crippen LogP contribution in [0.1, 0.15) is 31.8 Å². The maximum atomic E-state index is 12.8. The lowest BCUT2D eigenvalue weighted by Crippen LogP contribution is -2.18. The molecule has 0 aromatic heterocycles. The van der Waals surface area contributed by atoms with E-state index in [1.165, 1.54) is 55.8 Å². The Morgan fingerprint density at radius 1 is 0.978 bits per heavy atom. The van der Waals surface area contributed by atoms with Crippen molar-refractivity contribution in [2.24, 2.45) is 5.10 Å². The van der Waals surface area contributed by atoms with Crippen molar-refractivity contribution in [2.75, 3.05) is 12.4 Å². The average Bonchev–Trinajstić information content (AvgIpc) is 3.01. The fourth-order valence-electron chi connectivity index (χ4n) is 3.84. The van der Waals surface area contributed by atoms with Gasteiger partial charge in [0.15, 0.2) is 5.75 Å². The van der Waals surface area contributed by atoms with Gasteiger partial charge in [-0.15, -0.1) is 0 Å². The van der Waals surface area contributed by atoms with Crippen LogP contribution >= 0.6 is 43.5 Å². The maximum absolute atomic E-state index is 12.8. The fraction of sp³-hybridized carbons (Fsp3) is 0.0323. The van der Waals surface area contributed by atoms with Crippen LogP contribution in [0.25, 0.3) is 6.08 Å². The molecule has 0 bridgehead atoms. The molecule has 0 fully saturated rings. The molecule has 0 heterocycles. The summed E-state index contributed by atoms with van der Waals surface area (Å²) in [5, 5.41) is 18.1. The quantitative estimate of drug-likeness (QED) is 0.0427. The van der Waals surface area contributed by atoms with Crippen molar-refractivity contribution in [1.29, 1.82) is 0 Å². The molecular weight excluding hydrogens is 736 g/mol. The number of nitrogens with zero attached hydrogens (tertiary/aromatic N) is 2. The van der Waals surface area contributed by atoms with Gasteiger partial charge in [-0.2, -0.15) is 5.10 Å². The number of hydrogen-bond acceptors (Lipinski definition) is 8. The van der Waals surface area contributed by atoms with Crippen LogP contribution in [-0.4, -0.2) is 36.0 Å². The molecule has 4 rings (SSSR count). The Morgan fingerprint density at radius 2 is 1.76 bits per heavy atom. The molecule has 4 aromatic carbocycles. The number of halogens is 3. The van der Waals surface area contributed by atoms with E-state index in [4.69, 9.17) is 21.1 Å². The number of carbonyl (C=O) groups excluding carboxylic acids is 3. The number of hydrazone groups is 1. The number of hydrogen-bond donors (Lipinski definition) is 2. The molecule has 0 aliphatic rings. The van der Waals surface area contributed by atoms with Crippen LogP contribution in [0.5, 0.6) is 11.5 Å². The maximum Gasteiger partial charge on any atom is 0.336 e. The molecule has 14 heteroatoms. The van der Waals surface area contributed by atoms with E-state index in [-0.39, 0.29) is 22.6 Å². The standard InChI is InChI=1S/C31H21Br2ClN4O7/c1-44-27-10-9-22(34)16-25(27)31(41)36-23-6-3-5-19(14-23)30(40)37-35-17-20-13-21(32)15-26(33)29(20)45-28(39)11-8-18-4-2-7-24(12-18)38(42)43/h2-17H,1H3,(H,36,41)(H,37,40)/b11-8+,35-17?. The molecule has 0 radical (unpaired) electrons. The van der Waals surface area contributed by atoms with Crippen LogP contribution < -0.4 is 20.2 Å². The van der Waals surface area contributed by atoms with Crippen LogP contribution in [0.2, 0.25) is 5.02 Å². The van der Waals surface area contributed by atoms with E-state index in [1.54, 1.807) is 42.5 Å². The molecule has 0 unspecified atom stereocenters. The molecule has 0 aliphatic carbocycles. The van der Waals surface area contributed by atoms with Crippen LogP contribution in [-0.2, 0) is 4.79 Å². The van der Waals surface area contributed by atoms with Crippen molar-refractivity contribution in [1.82, 2.24) is 5.43 Å². The van der Waals surface area contributed by atoms with E-state index in [0.717, 1.165) is 6.08 Å². The number of amides is 2. The number of nitro groups is 1. The summed E-state index contributed by atoms with van der Waals surface area (Å²) in [5.41, 5.74) is 3.84. The molecule has 45 heavy (non-hydrogen) atoms. The molecule has 0 saturated heterocycles. The van der Waals surface area contributed by atoms with Gasteiger partial charge < -0.3 is 14.8 Å². The minimum atomic E-state index is -0.752. The van der Waals surface area contributed by atoms with E-state index < -0.39 is 22.7 Å². The zero-order chi connectivity index (χ0) is 32.5. The van der Waals surface area contributed by atoms with Crippen molar-refractivity contribution in [2.45, 2.75) is 0 Å². The molecule has 0 spiro atoms. The number of ether oxygens (including phenoxy) is 2. The second-order valence-electron chi connectivity index (χ2n) is 8.99. The fourth-order valence-corrected chi connectivity index (χ4v) is 5.36. The van der Waals surface area contributed by atoms with Gasteiger partial charge in [-0.05, 0) is 76.1 Å². The third kappa shape index (κ3) is 9.08.